The Morgan fingerprint density at radius 1 is 1.59 bits per heavy atom. The molecule has 0 bridgehead atoms. The van der Waals surface area contributed by atoms with Crippen LogP contribution in [0.3, 0.4) is 0 Å². The Kier molecular flexibility index (Phi) is 4.13. The third kappa shape index (κ3) is 3.75. The van der Waals surface area contributed by atoms with Crippen LogP contribution in [0.1, 0.15) is 24.2 Å². The second kappa shape index (κ2) is 5.19. The first-order valence-corrected chi connectivity index (χ1v) is 5.83. The standard InChI is InChI=1S/C12H13BrN2O2/c1-12(2,6-14)7-15-11(17)9-5-8(13)3-4-10(9)16/h3-5,16H,7H2,1-2H3,(H,15,17). The summed E-state index contributed by atoms with van der Waals surface area (Å²) in [6.07, 6.45) is 0. The van der Waals surface area contributed by atoms with Crippen molar-refractivity contribution >= 4 is 21.8 Å². The van der Waals surface area contributed by atoms with Crippen LogP contribution < -0.4 is 5.32 Å². The number of nitriles is 1. The number of nitrogens with zero attached hydrogens (tertiary/aromatic N) is 1. The highest BCUT2D eigenvalue weighted by molar-refractivity contribution is 9.10. The SMILES string of the molecule is CC(C)(C#N)CNC(=O)c1cc(Br)ccc1O. The van der Waals surface area contributed by atoms with E-state index in [0.717, 1.165) is 0 Å². The molecule has 0 aliphatic heterocycles. The predicted octanol–water partition coefficient (Wildman–Crippen LogP) is 2.43. The monoisotopic (exact) mass is 296 g/mol. The van der Waals surface area contributed by atoms with Crippen LogP contribution in [0.15, 0.2) is 22.7 Å². The van der Waals surface area contributed by atoms with Crippen molar-refractivity contribution in [3.8, 4) is 11.8 Å². The average Bonchev–Trinajstić information content (AvgIpc) is 2.29. The summed E-state index contributed by atoms with van der Waals surface area (Å²) in [5.41, 5.74) is -0.440. The van der Waals surface area contributed by atoms with Crippen molar-refractivity contribution < 1.29 is 9.90 Å². The Morgan fingerprint density at radius 2 is 2.24 bits per heavy atom. The summed E-state index contributed by atoms with van der Waals surface area (Å²) in [5.74, 6) is -0.479. The van der Waals surface area contributed by atoms with Gasteiger partial charge in [-0.05, 0) is 32.0 Å². The predicted molar refractivity (Wildman–Crippen MR) is 67.5 cm³/mol. The van der Waals surface area contributed by atoms with E-state index in [2.05, 4.69) is 27.3 Å². The molecule has 0 aliphatic rings. The largest absolute Gasteiger partial charge is 0.507 e. The fourth-order valence-corrected chi connectivity index (χ4v) is 1.49. The molecule has 0 spiro atoms. The van der Waals surface area contributed by atoms with Gasteiger partial charge in [-0.2, -0.15) is 5.26 Å². The fourth-order valence-electron chi connectivity index (χ4n) is 1.13. The lowest BCUT2D eigenvalue weighted by molar-refractivity contribution is 0.0941. The van der Waals surface area contributed by atoms with Crippen molar-refractivity contribution in [3.05, 3.63) is 28.2 Å². The summed E-state index contributed by atoms with van der Waals surface area (Å²) in [7, 11) is 0. The van der Waals surface area contributed by atoms with Gasteiger partial charge < -0.3 is 10.4 Å². The smallest absolute Gasteiger partial charge is 0.255 e. The van der Waals surface area contributed by atoms with Crippen LogP contribution in [0.5, 0.6) is 5.75 Å². The summed E-state index contributed by atoms with van der Waals surface area (Å²) >= 11 is 3.23. The van der Waals surface area contributed by atoms with E-state index >= 15 is 0 Å². The average molecular weight is 297 g/mol. The Labute approximate surface area is 108 Å². The number of amides is 1. The minimum Gasteiger partial charge on any atom is -0.507 e. The molecule has 0 fully saturated rings. The van der Waals surface area contributed by atoms with E-state index in [1.54, 1.807) is 19.9 Å². The Hall–Kier alpha value is -1.54. The maximum Gasteiger partial charge on any atom is 0.255 e. The third-order valence-corrected chi connectivity index (χ3v) is 2.69. The van der Waals surface area contributed by atoms with Crippen molar-refractivity contribution in [2.75, 3.05) is 6.54 Å². The number of carbonyl (C=O) groups excluding carboxylic acids is 1. The summed E-state index contributed by atoms with van der Waals surface area (Å²) in [6.45, 7) is 3.69. The molecule has 2 N–H and O–H groups in total. The number of hydrogen-bond donors (Lipinski definition) is 2. The Balaban J connectivity index is 2.78. The van der Waals surface area contributed by atoms with Crippen molar-refractivity contribution in [2.24, 2.45) is 5.41 Å². The number of carbonyl (C=O) groups is 1. The van der Waals surface area contributed by atoms with Crippen LogP contribution in [0, 0.1) is 16.7 Å². The summed E-state index contributed by atoms with van der Waals surface area (Å²) in [5, 5.41) is 21.0. The maximum absolute atomic E-state index is 11.8. The molecule has 90 valence electrons. The van der Waals surface area contributed by atoms with Gasteiger partial charge in [-0.15, -0.1) is 0 Å². The maximum atomic E-state index is 11.8. The first kappa shape index (κ1) is 13.5. The van der Waals surface area contributed by atoms with E-state index in [-0.39, 0.29) is 17.9 Å². The molecule has 0 saturated heterocycles. The lowest BCUT2D eigenvalue weighted by atomic mass is 9.96. The molecule has 0 radical (unpaired) electrons. The number of halogens is 1. The molecule has 0 aromatic heterocycles. The molecule has 0 heterocycles. The van der Waals surface area contributed by atoms with Gasteiger partial charge in [-0.3, -0.25) is 4.79 Å². The zero-order chi connectivity index (χ0) is 13.1. The fraction of sp³-hybridized carbons (Fsp3) is 0.333. The van der Waals surface area contributed by atoms with Crippen molar-refractivity contribution in [1.82, 2.24) is 5.32 Å². The number of nitrogens with one attached hydrogen (secondary N) is 1. The number of benzene rings is 1. The highest BCUT2D eigenvalue weighted by Gasteiger charge is 2.19. The molecule has 1 rings (SSSR count). The van der Waals surface area contributed by atoms with Crippen molar-refractivity contribution in [3.63, 3.8) is 0 Å². The number of phenols is 1. The van der Waals surface area contributed by atoms with Gasteiger partial charge >= 0.3 is 0 Å². The molecule has 1 amide bonds. The van der Waals surface area contributed by atoms with Crippen LogP contribution in [0.4, 0.5) is 0 Å². The van der Waals surface area contributed by atoms with Gasteiger partial charge in [0, 0.05) is 11.0 Å². The molecule has 0 atom stereocenters. The Morgan fingerprint density at radius 3 is 2.82 bits per heavy atom. The minimum absolute atomic E-state index is 0.0829. The van der Waals surface area contributed by atoms with Gasteiger partial charge in [0.2, 0.25) is 0 Å². The summed E-state index contributed by atoms with van der Waals surface area (Å²) in [4.78, 5) is 11.8. The molecule has 5 heteroatoms. The number of rotatable bonds is 3. The van der Waals surface area contributed by atoms with Crippen LogP contribution in [-0.4, -0.2) is 17.6 Å². The van der Waals surface area contributed by atoms with Gasteiger partial charge in [-0.1, -0.05) is 15.9 Å². The first-order chi connectivity index (χ1) is 7.85. The van der Waals surface area contributed by atoms with E-state index in [9.17, 15) is 9.90 Å². The Bertz CT molecular complexity index is 478. The summed E-state index contributed by atoms with van der Waals surface area (Å²) < 4.78 is 0.708. The molecule has 1 aromatic rings. The van der Waals surface area contributed by atoms with Crippen LogP contribution >= 0.6 is 15.9 Å². The zero-order valence-electron chi connectivity index (χ0n) is 9.62. The zero-order valence-corrected chi connectivity index (χ0v) is 11.2. The second-order valence-corrected chi connectivity index (χ2v) is 5.26. The highest BCUT2D eigenvalue weighted by atomic mass is 79.9. The third-order valence-electron chi connectivity index (χ3n) is 2.20. The van der Waals surface area contributed by atoms with Gasteiger partial charge in [-0.25, -0.2) is 0 Å². The minimum atomic E-state index is -0.628. The molecule has 4 nitrogen and oxygen atoms in total. The van der Waals surface area contributed by atoms with Gasteiger partial charge in [0.1, 0.15) is 5.75 Å². The highest BCUT2D eigenvalue weighted by Crippen LogP contribution is 2.22. The molecule has 0 unspecified atom stereocenters. The normalized spacial score (nSPS) is 10.7. The second-order valence-electron chi connectivity index (χ2n) is 4.34. The lowest BCUT2D eigenvalue weighted by Gasteiger charge is -2.16. The molecule has 17 heavy (non-hydrogen) atoms. The quantitative estimate of drug-likeness (QED) is 0.900. The number of aromatic hydroxyl groups is 1. The summed E-state index contributed by atoms with van der Waals surface area (Å²) in [6, 6.07) is 6.70. The molecule has 0 saturated carbocycles. The lowest BCUT2D eigenvalue weighted by Crippen LogP contribution is -2.33. The molecule has 0 aliphatic carbocycles. The molecular formula is C12H13BrN2O2. The van der Waals surface area contributed by atoms with E-state index in [1.807, 2.05) is 0 Å². The first-order valence-electron chi connectivity index (χ1n) is 5.04. The van der Waals surface area contributed by atoms with Crippen LogP contribution in [0.2, 0.25) is 0 Å². The van der Waals surface area contributed by atoms with Crippen molar-refractivity contribution in [1.29, 1.82) is 5.26 Å². The van der Waals surface area contributed by atoms with Gasteiger partial charge in [0.05, 0.1) is 17.0 Å². The molecule has 1 aromatic carbocycles. The topological polar surface area (TPSA) is 73.1 Å². The van der Waals surface area contributed by atoms with E-state index < -0.39 is 11.3 Å². The van der Waals surface area contributed by atoms with E-state index in [1.165, 1.54) is 12.1 Å². The van der Waals surface area contributed by atoms with Crippen LogP contribution in [0.25, 0.3) is 0 Å². The van der Waals surface area contributed by atoms with E-state index in [0.29, 0.717) is 4.47 Å². The number of phenolic OH excluding ortho intramolecular Hbond substituents is 1. The number of hydrogen-bond acceptors (Lipinski definition) is 3. The van der Waals surface area contributed by atoms with Gasteiger partial charge in [0.15, 0.2) is 0 Å². The molecular weight excluding hydrogens is 284 g/mol. The van der Waals surface area contributed by atoms with Crippen LogP contribution in [-0.2, 0) is 0 Å². The van der Waals surface area contributed by atoms with Crippen molar-refractivity contribution in [2.45, 2.75) is 13.8 Å². The van der Waals surface area contributed by atoms with Gasteiger partial charge in [0.25, 0.3) is 5.91 Å². The van der Waals surface area contributed by atoms with E-state index in [4.69, 9.17) is 5.26 Å².